The molecule has 2 aliphatic heterocycles. The molecule has 6 aliphatic rings. The molecule has 4 aliphatic carbocycles. The lowest BCUT2D eigenvalue weighted by atomic mass is 9.82. The summed E-state index contributed by atoms with van der Waals surface area (Å²) in [6, 6.07) is 33.2. The van der Waals surface area contributed by atoms with Gasteiger partial charge in [-0.15, -0.1) is 0 Å². The van der Waals surface area contributed by atoms with Gasteiger partial charge < -0.3 is 9.80 Å². The summed E-state index contributed by atoms with van der Waals surface area (Å²) in [5.41, 5.74) is 13.7. The van der Waals surface area contributed by atoms with Gasteiger partial charge in [0.2, 0.25) is 0 Å². The van der Waals surface area contributed by atoms with Crippen LogP contribution in [0.25, 0.3) is 22.3 Å². The maximum atomic E-state index is 5.78. The van der Waals surface area contributed by atoms with Gasteiger partial charge in [-0.05, 0) is 106 Å². The molecule has 2 saturated carbocycles. The Morgan fingerprint density at radius 3 is 1.27 bits per heavy atom. The first-order valence-corrected chi connectivity index (χ1v) is 20.5. The topological polar surface area (TPSA) is 31.2 Å². The quantitative estimate of drug-likeness (QED) is 0.209. The smallest absolute Gasteiger partial charge is 0.172 e. The third-order valence-electron chi connectivity index (χ3n) is 14.2. The summed E-state index contributed by atoms with van der Waals surface area (Å²) in [6.45, 7) is 11.5. The Kier molecular flexibility index (Phi) is 7.61. The van der Waals surface area contributed by atoms with E-state index in [1.165, 1.54) is 120 Å². The largest absolute Gasteiger partial charge is 0.321 e. The summed E-state index contributed by atoms with van der Waals surface area (Å²) in [4.78, 5) is 16.7. The average molecular weight is 687 g/mol. The van der Waals surface area contributed by atoms with E-state index in [1.807, 2.05) is 0 Å². The number of hydrogen-bond donors (Lipinski definition) is 0. The molecule has 266 valence electrons. The van der Waals surface area contributed by atoms with Crippen molar-refractivity contribution in [3.8, 4) is 22.3 Å². The van der Waals surface area contributed by atoms with Gasteiger partial charge in [0.1, 0.15) is 0 Å². The molecule has 0 N–H and O–H groups in total. The average Bonchev–Trinajstić information content (AvgIpc) is 3.93. The number of anilines is 2. The Hall–Kier alpha value is -4.18. The second-order valence-electron chi connectivity index (χ2n) is 17.9. The van der Waals surface area contributed by atoms with E-state index in [1.54, 1.807) is 0 Å². The molecule has 0 unspecified atom stereocenters. The summed E-state index contributed by atoms with van der Waals surface area (Å²) in [5.74, 6) is 3.50. The number of hydrogen-bond acceptors (Lipinski definition) is 4. The monoisotopic (exact) mass is 686 g/mol. The van der Waals surface area contributed by atoms with Crippen molar-refractivity contribution in [3.63, 3.8) is 0 Å². The summed E-state index contributed by atoms with van der Waals surface area (Å²) in [6.07, 6.45) is 13.3. The molecule has 0 bridgehead atoms. The SMILES string of the molecule is CC1(C)c2ccccc2-c2ccc(N3C[C@H](C4CCCCC4)N=C3C3=N[C@@H](C4CCCCC4)CN3c3ccc4c(c3)C(C)(C)c3ccccc3-4)cc21. The highest BCUT2D eigenvalue weighted by molar-refractivity contribution is 6.50. The molecule has 4 nitrogen and oxygen atoms in total. The van der Waals surface area contributed by atoms with Crippen LogP contribution in [0.15, 0.2) is 94.9 Å². The lowest BCUT2D eigenvalue weighted by Gasteiger charge is -2.30. The predicted octanol–water partition coefficient (Wildman–Crippen LogP) is 11.3. The Balaban J connectivity index is 1.08. The minimum absolute atomic E-state index is 0.0421. The number of fused-ring (bicyclic) bond motifs is 6. The molecule has 0 saturated heterocycles. The van der Waals surface area contributed by atoms with Gasteiger partial charge in [-0.25, -0.2) is 0 Å². The summed E-state index contributed by atoms with van der Waals surface area (Å²) in [7, 11) is 0. The van der Waals surface area contributed by atoms with Crippen LogP contribution in [0.2, 0.25) is 0 Å². The molecule has 4 aromatic rings. The zero-order chi connectivity index (χ0) is 35.2. The van der Waals surface area contributed by atoms with Gasteiger partial charge in [0, 0.05) is 35.3 Å². The molecular weight excluding hydrogens is 633 g/mol. The van der Waals surface area contributed by atoms with Crippen molar-refractivity contribution in [2.45, 2.75) is 115 Å². The molecule has 4 heteroatoms. The third kappa shape index (κ3) is 4.99. The van der Waals surface area contributed by atoms with Crippen molar-refractivity contribution in [3.05, 3.63) is 107 Å². The van der Waals surface area contributed by atoms with Crippen molar-refractivity contribution in [2.24, 2.45) is 21.8 Å². The van der Waals surface area contributed by atoms with Crippen LogP contribution >= 0.6 is 0 Å². The predicted molar refractivity (Wildman–Crippen MR) is 218 cm³/mol. The summed E-state index contributed by atoms with van der Waals surface area (Å²) in [5, 5.41) is 0. The van der Waals surface area contributed by atoms with Crippen molar-refractivity contribution in [1.82, 2.24) is 0 Å². The molecule has 0 spiro atoms. The van der Waals surface area contributed by atoms with Gasteiger partial charge in [-0.3, -0.25) is 9.98 Å². The van der Waals surface area contributed by atoms with E-state index in [0.717, 1.165) is 24.8 Å². The van der Waals surface area contributed by atoms with Gasteiger partial charge in [0.15, 0.2) is 11.7 Å². The van der Waals surface area contributed by atoms with E-state index in [-0.39, 0.29) is 10.8 Å². The normalized spacial score (nSPS) is 24.7. The lowest BCUT2D eigenvalue weighted by Crippen LogP contribution is -2.43. The fourth-order valence-corrected chi connectivity index (χ4v) is 11.2. The number of nitrogens with zero attached hydrogens (tertiary/aromatic N) is 4. The first-order chi connectivity index (χ1) is 25.3. The number of amidine groups is 2. The highest BCUT2D eigenvalue weighted by Gasteiger charge is 2.43. The second kappa shape index (κ2) is 12.2. The Bertz CT molecular complexity index is 1960. The van der Waals surface area contributed by atoms with Crippen LogP contribution in [0.4, 0.5) is 11.4 Å². The molecule has 4 aromatic carbocycles. The fraction of sp³-hybridized carbons (Fsp3) is 0.458. The van der Waals surface area contributed by atoms with Gasteiger partial charge >= 0.3 is 0 Å². The van der Waals surface area contributed by atoms with Crippen molar-refractivity contribution in [2.75, 3.05) is 22.9 Å². The highest BCUT2D eigenvalue weighted by Crippen LogP contribution is 2.51. The van der Waals surface area contributed by atoms with Crippen molar-refractivity contribution < 1.29 is 0 Å². The number of benzene rings is 4. The van der Waals surface area contributed by atoms with Crippen molar-refractivity contribution >= 4 is 23.0 Å². The molecule has 2 fully saturated rings. The first kappa shape index (κ1) is 32.5. The number of rotatable bonds is 5. The molecule has 52 heavy (non-hydrogen) atoms. The van der Waals surface area contributed by atoms with Gasteiger partial charge in [-0.1, -0.05) is 127 Å². The van der Waals surface area contributed by atoms with E-state index in [0.29, 0.717) is 23.9 Å². The first-order valence-electron chi connectivity index (χ1n) is 20.5. The van der Waals surface area contributed by atoms with Gasteiger partial charge in [-0.2, -0.15) is 0 Å². The zero-order valence-electron chi connectivity index (χ0n) is 31.7. The van der Waals surface area contributed by atoms with Crippen LogP contribution in [0, 0.1) is 11.8 Å². The molecule has 2 heterocycles. The van der Waals surface area contributed by atoms with Crippen LogP contribution in [0.3, 0.4) is 0 Å². The molecule has 0 aromatic heterocycles. The van der Waals surface area contributed by atoms with Gasteiger partial charge in [0.05, 0.1) is 12.1 Å². The third-order valence-corrected chi connectivity index (χ3v) is 14.2. The summed E-state index contributed by atoms with van der Waals surface area (Å²) >= 11 is 0. The zero-order valence-corrected chi connectivity index (χ0v) is 31.7. The van der Waals surface area contributed by atoms with E-state index >= 15 is 0 Å². The molecule has 0 amide bonds. The maximum Gasteiger partial charge on any atom is 0.172 e. The van der Waals surface area contributed by atoms with Crippen LogP contribution in [0.5, 0.6) is 0 Å². The standard InChI is InChI=1S/C48H54N4/c1-47(2)39-21-13-11-19-35(39)37-25-23-33(27-41(37)47)51-29-43(31-15-7-5-8-16-31)49-45(51)46-50-44(32-17-9-6-10-18-32)30-52(46)34-24-26-38-36-20-12-14-22-40(36)48(3,4)42(38)28-34/h11-14,19-28,31-32,43-44H,5-10,15-18,29-30H2,1-4H3/t43-,44-/m1/s1. The molecule has 2 atom stereocenters. The van der Waals surface area contributed by atoms with Crippen LogP contribution in [0.1, 0.15) is 114 Å². The molecule has 10 rings (SSSR count). The number of aliphatic imine (C=N–C) groups is 2. The van der Waals surface area contributed by atoms with E-state index in [2.05, 4.69) is 122 Å². The molecular formula is C48H54N4. The van der Waals surface area contributed by atoms with E-state index in [9.17, 15) is 0 Å². The van der Waals surface area contributed by atoms with Crippen LogP contribution in [-0.4, -0.2) is 36.8 Å². The Morgan fingerprint density at radius 2 is 0.846 bits per heavy atom. The Labute approximate surface area is 311 Å². The van der Waals surface area contributed by atoms with Crippen LogP contribution in [-0.2, 0) is 10.8 Å². The van der Waals surface area contributed by atoms with Gasteiger partial charge in [0.25, 0.3) is 0 Å². The van der Waals surface area contributed by atoms with E-state index < -0.39 is 0 Å². The Morgan fingerprint density at radius 1 is 0.462 bits per heavy atom. The van der Waals surface area contributed by atoms with Crippen molar-refractivity contribution in [1.29, 1.82) is 0 Å². The highest BCUT2D eigenvalue weighted by atomic mass is 15.4. The second-order valence-corrected chi connectivity index (χ2v) is 17.9. The van der Waals surface area contributed by atoms with E-state index in [4.69, 9.17) is 9.98 Å². The fourth-order valence-electron chi connectivity index (χ4n) is 11.2. The molecule has 0 radical (unpaired) electrons. The minimum atomic E-state index is -0.0421. The lowest BCUT2D eigenvalue weighted by molar-refractivity contribution is 0.315. The maximum absolute atomic E-state index is 5.78. The van der Waals surface area contributed by atoms with Crippen LogP contribution < -0.4 is 9.80 Å². The minimum Gasteiger partial charge on any atom is -0.321 e. The summed E-state index contributed by atoms with van der Waals surface area (Å²) < 4.78 is 0.